The Morgan fingerprint density at radius 1 is 0.882 bits per heavy atom. The van der Waals surface area contributed by atoms with Crippen molar-refractivity contribution in [2.24, 2.45) is 0 Å². The van der Waals surface area contributed by atoms with Crippen molar-refractivity contribution >= 4 is 5.91 Å². The predicted molar refractivity (Wildman–Crippen MR) is 129 cm³/mol. The van der Waals surface area contributed by atoms with Crippen LogP contribution in [0.4, 0.5) is 0 Å². The number of amides is 1. The first kappa shape index (κ1) is 23.0. The number of hydrogen-bond donors (Lipinski definition) is 0. The average Bonchev–Trinajstić information content (AvgIpc) is 3.13. The van der Waals surface area contributed by atoms with E-state index in [0.717, 1.165) is 31.6 Å². The fourth-order valence-corrected chi connectivity index (χ4v) is 4.09. The van der Waals surface area contributed by atoms with Crippen LogP contribution in [0.2, 0.25) is 0 Å². The van der Waals surface area contributed by atoms with E-state index < -0.39 is 0 Å². The molecule has 1 aliphatic rings. The number of nitriles is 2. The Morgan fingerprint density at radius 2 is 1.71 bits per heavy atom. The summed E-state index contributed by atoms with van der Waals surface area (Å²) in [4.78, 5) is 17.4. The van der Waals surface area contributed by atoms with Gasteiger partial charge in [0.25, 0.3) is 5.91 Å². The molecular formula is C28H26N4O2. The van der Waals surface area contributed by atoms with Gasteiger partial charge in [0.2, 0.25) is 0 Å². The number of nitrogens with zero attached hydrogens (tertiary/aromatic N) is 4. The Hall–Kier alpha value is -4.13. The van der Waals surface area contributed by atoms with E-state index >= 15 is 0 Å². The summed E-state index contributed by atoms with van der Waals surface area (Å²) in [5.74, 6) is 0.610. The molecular weight excluding hydrogens is 424 g/mol. The lowest BCUT2D eigenvalue weighted by molar-refractivity contribution is 0.0760. The van der Waals surface area contributed by atoms with E-state index in [2.05, 4.69) is 17.0 Å². The smallest absolute Gasteiger partial charge is 0.254 e. The first-order valence-electron chi connectivity index (χ1n) is 11.4. The van der Waals surface area contributed by atoms with Crippen molar-refractivity contribution in [1.29, 1.82) is 10.5 Å². The third kappa shape index (κ3) is 5.81. The molecule has 3 aromatic rings. The second kappa shape index (κ2) is 11.1. The van der Waals surface area contributed by atoms with Gasteiger partial charge in [-0.1, -0.05) is 36.4 Å². The van der Waals surface area contributed by atoms with E-state index in [1.807, 2.05) is 65.6 Å². The van der Waals surface area contributed by atoms with Crippen LogP contribution in [0.1, 0.15) is 39.0 Å². The lowest BCUT2D eigenvalue weighted by atomic mass is 10.1. The van der Waals surface area contributed by atoms with Crippen molar-refractivity contribution in [3.05, 3.63) is 101 Å². The number of hydrogen-bond acceptors (Lipinski definition) is 5. The molecule has 170 valence electrons. The topological polar surface area (TPSA) is 80.4 Å². The molecule has 0 atom stereocenters. The fraction of sp³-hybridized carbons (Fsp3) is 0.250. The summed E-state index contributed by atoms with van der Waals surface area (Å²) in [6, 6.07) is 26.6. The summed E-state index contributed by atoms with van der Waals surface area (Å²) in [7, 11) is 0. The highest BCUT2D eigenvalue weighted by Crippen LogP contribution is 2.19. The van der Waals surface area contributed by atoms with Crippen LogP contribution < -0.4 is 4.74 Å². The summed E-state index contributed by atoms with van der Waals surface area (Å²) in [6.07, 6.45) is 0.906. The van der Waals surface area contributed by atoms with Crippen LogP contribution >= 0.6 is 0 Å². The normalized spacial score (nSPS) is 14.0. The van der Waals surface area contributed by atoms with Crippen LogP contribution in [0.15, 0.2) is 72.8 Å². The van der Waals surface area contributed by atoms with Crippen LogP contribution in [0.5, 0.6) is 5.75 Å². The highest BCUT2D eigenvalue weighted by molar-refractivity contribution is 5.94. The molecule has 0 N–H and O–H groups in total. The zero-order valence-electron chi connectivity index (χ0n) is 19.0. The molecule has 0 unspecified atom stereocenters. The van der Waals surface area contributed by atoms with Gasteiger partial charge in [0.05, 0.1) is 23.3 Å². The van der Waals surface area contributed by atoms with Gasteiger partial charge in [0, 0.05) is 43.9 Å². The number of benzene rings is 3. The van der Waals surface area contributed by atoms with E-state index in [-0.39, 0.29) is 12.5 Å². The molecule has 1 heterocycles. The summed E-state index contributed by atoms with van der Waals surface area (Å²) < 4.78 is 5.89. The molecule has 34 heavy (non-hydrogen) atoms. The number of carbonyl (C=O) groups is 1. The standard InChI is InChI=1S/C28H26N4O2/c29-18-22-9-11-23(12-10-22)20-31-13-4-14-32(16-15-31)28(33)24-7-3-8-27(17-24)34-21-26-6-2-1-5-25(26)19-30/h1-3,5-12,17H,4,13-16,20-21H2. The maximum atomic E-state index is 13.2. The third-order valence-corrected chi connectivity index (χ3v) is 5.98. The molecule has 6 heteroatoms. The molecule has 1 amide bonds. The van der Waals surface area contributed by atoms with Crippen molar-refractivity contribution in [1.82, 2.24) is 9.80 Å². The quantitative estimate of drug-likeness (QED) is 0.558. The largest absolute Gasteiger partial charge is 0.489 e. The van der Waals surface area contributed by atoms with Gasteiger partial charge < -0.3 is 9.64 Å². The van der Waals surface area contributed by atoms with Crippen LogP contribution in [-0.2, 0) is 13.2 Å². The van der Waals surface area contributed by atoms with Gasteiger partial charge in [0.1, 0.15) is 12.4 Å². The van der Waals surface area contributed by atoms with E-state index in [0.29, 0.717) is 35.5 Å². The van der Waals surface area contributed by atoms with Crippen molar-refractivity contribution in [3.63, 3.8) is 0 Å². The van der Waals surface area contributed by atoms with Crippen LogP contribution in [-0.4, -0.2) is 41.9 Å². The van der Waals surface area contributed by atoms with E-state index in [1.165, 1.54) is 5.56 Å². The van der Waals surface area contributed by atoms with Crippen molar-refractivity contribution in [3.8, 4) is 17.9 Å². The van der Waals surface area contributed by atoms with E-state index in [9.17, 15) is 10.1 Å². The van der Waals surface area contributed by atoms with Crippen LogP contribution in [0, 0.1) is 22.7 Å². The van der Waals surface area contributed by atoms with Gasteiger partial charge in [-0.2, -0.15) is 10.5 Å². The maximum Gasteiger partial charge on any atom is 0.254 e. The minimum Gasteiger partial charge on any atom is -0.489 e. The molecule has 1 saturated heterocycles. The fourth-order valence-electron chi connectivity index (χ4n) is 4.09. The average molecular weight is 451 g/mol. The molecule has 0 saturated carbocycles. The lowest BCUT2D eigenvalue weighted by Gasteiger charge is -2.22. The van der Waals surface area contributed by atoms with Crippen molar-refractivity contribution < 1.29 is 9.53 Å². The second-order valence-corrected chi connectivity index (χ2v) is 8.32. The van der Waals surface area contributed by atoms with Crippen LogP contribution in [0.25, 0.3) is 0 Å². The van der Waals surface area contributed by atoms with Gasteiger partial charge in [-0.3, -0.25) is 9.69 Å². The predicted octanol–water partition coefficient (Wildman–Crippen LogP) is 4.36. The Balaban J connectivity index is 1.35. The molecule has 1 fully saturated rings. The zero-order valence-corrected chi connectivity index (χ0v) is 19.0. The van der Waals surface area contributed by atoms with Crippen molar-refractivity contribution in [2.75, 3.05) is 26.2 Å². The van der Waals surface area contributed by atoms with Crippen LogP contribution in [0.3, 0.4) is 0 Å². The minimum atomic E-state index is 0.00287. The Morgan fingerprint density at radius 3 is 2.50 bits per heavy atom. The van der Waals surface area contributed by atoms with Gasteiger partial charge in [-0.05, 0) is 48.4 Å². The Labute approximate surface area is 200 Å². The monoisotopic (exact) mass is 450 g/mol. The molecule has 0 aliphatic carbocycles. The summed E-state index contributed by atoms with van der Waals surface area (Å²) in [5, 5.41) is 18.2. The number of carbonyl (C=O) groups excluding carboxylic acids is 1. The SMILES string of the molecule is N#Cc1ccc(CN2CCCN(C(=O)c3cccc(OCc4ccccc4C#N)c3)CC2)cc1. The highest BCUT2D eigenvalue weighted by atomic mass is 16.5. The maximum absolute atomic E-state index is 13.2. The molecule has 0 radical (unpaired) electrons. The van der Waals surface area contributed by atoms with Gasteiger partial charge in [-0.25, -0.2) is 0 Å². The second-order valence-electron chi connectivity index (χ2n) is 8.32. The number of ether oxygens (including phenoxy) is 1. The molecule has 1 aliphatic heterocycles. The summed E-state index contributed by atoms with van der Waals surface area (Å²) in [5.41, 5.74) is 3.84. The van der Waals surface area contributed by atoms with E-state index in [4.69, 9.17) is 10.00 Å². The van der Waals surface area contributed by atoms with E-state index in [1.54, 1.807) is 12.1 Å². The first-order chi connectivity index (χ1) is 16.7. The first-order valence-corrected chi connectivity index (χ1v) is 11.4. The zero-order chi connectivity index (χ0) is 23.8. The molecule has 6 nitrogen and oxygen atoms in total. The Bertz CT molecular complexity index is 1220. The van der Waals surface area contributed by atoms with Gasteiger partial charge >= 0.3 is 0 Å². The van der Waals surface area contributed by atoms with Gasteiger partial charge in [-0.15, -0.1) is 0 Å². The molecule has 4 rings (SSSR count). The van der Waals surface area contributed by atoms with Gasteiger partial charge in [0.15, 0.2) is 0 Å². The Kier molecular flexibility index (Phi) is 7.55. The number of rotatable bonds is 6. The van der Waals surface area contributed by atoms with Crippen molar-refractivity contribution in [2.45, 2.75) is 19.6 Å². The third-order valence-electron chi connectivity index (χ3n) is 5.98. The molecule has 0 spiro atoms. The molecule has 0 aromatic heterocycles. The summed E-state index contributed by atoms with van der Waals surface area (Å²) >= 11 is 0. The summed E-state index contributed by atoms with van der Waals surface area (Å²) in [6.45, 7) is 4.17. The lowest BCUT2D eigenvalue weighted by Crippen LogP contribution is -2.35. The molecule has 0 bridgehead atoms. The molecule has 3 aromatic carbocycles. The highest BCUT2D eigenvalue weighted by Gasteiger charge is 2.21. The minimum absolute atomic E-state index is 0.00287.